The Bertz CT molecular complexity index is 650. The average Bonchev–Trinajstić information content (AvgIpc) is 2.81. The van der Waals surface area contributed by atoms with Crippen LogP contribution in [-0.2, 0) is 4.79 Å². The molecule has 5 nitrogen and oxygen atoms in total. The number of carbonyl (C=O) groups excluding carboxylic acids is 2. The molecule has 5 heteroatoms. The van der Waals surface area contributed by atoms with E-state index < -0.39 is 0 Å². The van der Waals surface area contributed by atoms with E-state index in [9.17, 15) is 9.59 Å². The van der Waals surface area contributed by atoms with E-state index in [1.54, 1.807) is 23.0 Å². The highest BCUT2D eigenvalue weighted by molar-refractivity contribution is 5.93. The number of imidazole rings is 1. The molecule has 0 atom stereocenters. The normalized spacial score (nSPS) is 16.9. The molecule has 0 saturated heterocycles. The zero-order valence-corrected chi connectivity index (χ0v) is 10.5. The molecule has 19 heavy (non-hydrogen) atoms. The predicted octanol–water partition coefficient (Wildman–Crippen LogP) is 2.02. The van der Waals surface area contributed by atoms with Gasteiger partial charge >= 0.3 is 0 Å². The Hall–Kier alpha value is -2.17. The van der Waals surface area contributed by atoms with Crippen molar-refractivity contribution in [2.45, 2.75) is 25.7 Å². The number of anilines is 1. The number of nitrogens with zero attached hydrogens (tertiary/aromatic N) is 2. The highest BCUT2D eigenvalue weighted by atomic mass is 16.2. The first kappa shape index (κ1) is 11.9. The number of hydrogen-bond acceptors (Lipinski definition) is 4. The van der Waals surface area contributed by atoms with E-state index in [1.165, 1.54) is 0 Å². The highest BCUT2D eigenvalue weighted by Gasteiger charge is 2.26. The summed E-state index contributed by atoms with van der Waals surface area (Å²) in [5.74, 6) is 0.208. The molecule has 1 aromatic carbocycles. The molecule has 0 spiro atoms. The second-order valence-corrected chi connectivity index (χ2v) is 5.01. The van der Waals surface area contributed by atoms with Crippen molar-refractivity contribution in [1.29, 1.82) is 0 Å². The average molecular weight is 257 g/mol. The fourth-order valence-electron chi connectivity index (χ4n) is 2.59. The lowest BCUT2D eigenvalue weighted by atomic mass is 9.88. The Morgan fingerprint density at radius 1 is 1.32 bits per heavy atom. The Labute approximate surface area is 110 Å². The molecule has 0 radical (unpaired) electrons. The third-order valence-corrected chi connectivity index (χ3v) is 3.70. The summed E-state index contributed by atoms with van der Waals surface area (Å²) in [6.45, 7) is 0. The molecule has 1 aliphatic rings. The molecular weight excluding hydrogens is 242 g/mol. The number of benzene rings is 1. The fraction of sp³-hybridized carbons (Fsp3) is 0.357. The smallest absolute Gasteiger partial charge is 0.235 e. The van der Waals surface area contributed by atoms with Gasteiger partial charge in [0.2, 0.25) is 5.91 Å². The van der Waals surface area contributed by atoms with Crippen molar-refractivity contribution < 1.29 is 9.59 Å². The minimum atomic E-state index is -0.0762. The quantitative estimate of drug-likeness (QED) is 0.793. The van der Waals surface area contributed by atoms with Gasteiger partial charge in [0.1, 0.15) is 12.1 Å². The molecule has 2 N–H and O–H groups in total. The molecule has 1 saturated carbocycles. The van der Waals surface area contributed by atoms with Gasteiger partial charge < -0.3 is 5.73 Å². The zero-order valence-electron chi connectivity index (χ0n) is 10.5. The van der Waals surface area contributed by atoms with Crippen LogP contribution in [0.3, 0.4) is 0 Å². The molecule has 2 aromatic rings. The van der Waals surface area contributed by atoms with E-state index in [2.05, 4.69) is 4.98 Å². The van der Waals surface area contributed by atoms with E-state index in [4.69, 9.17) is 5.73 Å². The van der Waals surface area contributed by atoms with Crippen LogP contribution in [0.2, 0.25) is 0 Å². The van der Waals surface area contributed by atoms with Crippen LogP contribution in [0.4, 0.5) is 5.69 Å². The molecule has 0 unspecified atom stereocenters. The van der Waals surface area contributed by atoms with Crippen molar-refractivity contribution in [1.82, 2.24) is 9.55 Å². The van der Waals surface area contributed by atoms with Gasteiger partial charge in [-0.15, -0.1) is 0 Å². The molecule has 1 aromatic heterocycles. The minimum absolute atomic E-state index is 0.0276. The number of carbonyl (C=O) groups is 2. The van der Waals surface area contributed by atoms with E-state index in [0.29, 0.717) is 31.4 Å². The van der Waals surface area contributed by atoms with Gasteiger partial charge in [0.05, 0.1) is 11.0 Å². The number of rotatable bonds is 1. The standard InChI is InChI=1S/C14H15N3O2/c15-10-3-6-13-12(7-10)16-8-17(13)14(19)9-1-4-11(18)5-2-9/h3,6-9H,1-2,4-5,15H2. The van der Waals surface area contributed by atoms with Gasteiger partial charge in [-0.1, -0.05) is 0 Å². The maximum Gasteiger partial charge on any atom is 0.235 e. The van der Waals surface area contributed by atoms with Crippen LogP contribution < -0.4 is 5.73 Å². The summed E-state index contributed by atoms with van der Waals surface area (Å²) in [6, 6.07) is 5.32. The summed E-state index contributed by atoms with van der Waals surface area (Å²) in [7, 11) is 0. The summed E-state index contributed by atoms with van der Waals surface area (Å²) in [6.07, 6.45) is 3.85. The monoisotopic (exact) mass is 257 g/mol. The SMILES string of the molecule is Nc1ccc2c(c1)ncn2C(=O)C1CCC(=O)CC1. The van der Waals surface area contributed by atoms with Crippen LogP contribution >= 0.6 is 0 Å². The maximum absolute atomic E-state index is 12.4. The molecular formula is C14H15N3O2. The third-order valence-electron chi connectivity index (χ3n) is 3.70. The van der Waals surface area contributed by atoms with E-state index in [-0.39, 0.29) is 17.6 Å². The van der Waals surface area contributed by atoms with Gasteiger partial charge in [-0.05, 0) is 31.0 Å². The molecule has 0 bridgehead atoms. The third kappa shape index (κ3) is 2.12. The minimum Gasteiger partial charge on any atom is -0.399 e. The fourth-order valence-corrected chi connectivity index (χ4v) is 2.59. The van der Waals surface area contributed by atoms with Gasteiger partial charge in [0, 0.05) is 24.4 Å². The largest absolute Gasteiger partial charge is 0.399 e. The second kappa shape index (κ2) is 4.50. The molecule has 98 valence electrons. The van der Waals surface area contributed by atoms with E-state index >= 15 is 0 Å². The van der Waals surface area contributed by atoms with Gasteiger partial charge in [0.15, 0.2) is 0 Å². The summed E-state index contributed by atoms with van der Waals surface area (Å²) in [5, 5.41) is 0. The maximum atomic E-state index is 12.4. The summed E-state index contributed by atoms with van der Waals surface area (Å²) < 4.78 is 1.58. The highest BCUT2D eigenvalue weighted by Crippen LogP contribution is 2.25. The molecule has 3 rings (SSSR count). The molecule has 0 amide bonds. The topological polar surface area (TPSA) is 78.0 Å². The van der Waals surface area contributed by atoms with Crippen LogP contribution in [0.25, 0.3) is 11.0 Å². The van der Waals surface area contributed by atoms with Crippen molar-refractivity contribution in [3.8, 4) is 0 Å². The predicted molar refractivity (Wildman–Crippen MR) is 71.7 cm³/mol. The first-order valence-electron chi connectivity index (χ1n) is 6.43. The first-order chi connectivity index (χ1) is 9.15. The number of hydrogen-bond donors (Lipinski definition) is 1. The van der Waals surface area contributed by atoms with Crippen LogP contribution in [-0.4, -0.2) is 21.2 Å². The number of nitrogen functional groups attached to an aromatic ring is 1. The van der Waals surface area contributed by atoms with Gasteiger partial charge in [-0.25, -0.2) is 4.98 Å². The van der Waals surface area contributed by atoms with Gasteiger partial charge in [0.25, 0.3) is 0 Å². The number of ketones is 1. The number of aromatic nitrogens is 2. The van der Waals surface area contributed by atoms with Gasteiger partial charge in [-0.2, -0.15) is 0 Å². The van der Waals surface area contributed by atoms with Crippen molar-refractivity contribution >= 4 is 28.4 Å². The summed E-state index contributed by atoms with van der Waals surface area (Å²) in [5.41, 5.74) is 7.83. The van der Waals surface area contributed by atoms with Crippen molar-refractivity contribution in [2.24, 2.45) is 5.92 Å². The number of Topliss-reactive ketones (excluding diaryl/α,β-unsaturated/α-hetero) is 1. The van der Waals surface area contributed by atoms with Gasteiger partial charge in [-0.3, -0.25) is 14.2 Å². The summed E-state index contributed by atoms with van der Waals surface area (Å²) in [4.78, 5) is 27.9. The first-order valence-corrected chi connectivity index (χ1v) is 6.43. The van der Waals surface area contributed by atoms with Crippen LogP contribution in [0.5, 0.6) is 0 Å². The molecule has 0 aliphatic heterocycles. The van der Waals surface area contributed by atoms with Crippen molar-refractivity contribution in [2.75, 3.05) is 5.73 Å². The Morgan fingerprint density at radius 3 is 2.79 bits per heavy atom. The molecule has 1 aliphatic carbocycles. The lowest BCUT2D eigenvalue weighted by Gasteiger charge is -2.19. The van der Waals surface area contributed by atoms with E-state index in [1.807, 2.05) is 6.07 Å². The summed E-state index contributed by atoms with van der Waals surface area (Å²) >= 11 is 0. The van der Waals surface area contributed by atoms with E-state index in [0.717, 1.165) is 11.0 Å². The number of nitrogens with two attached hydrogens (primary N) is 1. The molecule has 1 fully saturated rings. The Morgan fingerprint density at radius 2 is 2.05 bits per heavy atom. The second-order valence-electron chi connectivity index (χ2n) is 5.01. The number of fused-ring (bicyclic) bond motifs is 1. The van der Waals surface area contributed by atoms with Crippen LogP contribution in [0.15, 0.2) is 24.5 Å². The van der Waals surface area contributed by atoms with Crippen LogP contribution in [0, 0.1) is 5.92 Å². The lowest BCUT2D eigenvalue weighted by molar-refractivity contribution is -0.120. The van der Waals surface area contributed by atoms with Crippen molar-refractivity contribution in [3.63, 3.8) is 0 Å². The zero-order chi connectivity index (χ0) is 13.4. The lowest BCUT2D eigenvalue weighted by Crippen LogP contribution is -2.25. The van der Waals surface area contributed by atoms with Crippen molar-refractivity contribution in [3.05, 3.63) is 24.5 Å². The molecule has 1 heterocycles. The Balaban J connectivity index is 1.91. The Kier molecular flexibility index (Phi) is 2.81. The van der Waals surface area contributed by atoms with Crippen LogP contribution in [0.1, 0.15) is 30.5 Å².